The van der Waals surface area contributed by atoms with E-state index in [9.17, 15) is 4.79 Å². The Morgan fingerprint density at radius 1 is 1.40 bits per heavy atom. The van der Waals surface area contributed by atoms with Gasteiger partial charge in [0, 0.05) is 23.8 Å². The van der Waals surface area contributed by atoms with Crippen LogP contribution in [0.1, 0.15) is 12.0 Å². The summed E-state index contributed by atoms with van der Waals surface area (Å²) in [4.78, 5) is 14.6. The van der Waals surface area contributed by atoms with Gasteiger partial charge < -0.3 is 5.32 Å². The number of fused-ring (bicyclic) bond motifs is 1. The van der Waals surface area contributed by atoms with Crippen LogP contribution in [0.15, 0.2) is 34.4 Å². The molecule has 1 amide bonds. The van der Waals surface area contributed by atoms with E-state index in [1.807, 2.05) is 36.3 Å². The quantitative estimate of drug-likeness (QED) is 0.687. The van der Waals surface area contributed by atoms with Gasteiger partial charge in [-0.2, -0.15) is 5.26 Å². The standard InChI is InChI=1S/C17H19BrN6O/c1-10-6-12(18)2-3-14(10)24-9-13-15(22-24)20-17(21-16(13)25)23-5-4-11(7-19)8-23/h2-3,6,9,11,15,17,20,22H,4-5,8H2,1H3,(H,21,25). The van der Waals surface area contributed by atoms with Gasteiger partial charge in [-0.15, -0.1) is 0 Å². The maximum Gasteiger partial charge on any atom is 0.254 e. The number of nitrogens with one attached hydrogen (secondary N) is 3. The fourth-order valence-electron chi connectivity index (χ4n) is 3.54. The zero-order chi connectivity index (χ0) is 17.6. The summed E-state index contributed by atoms with van der Waals surface area (Å²) in [5, 5.41) is 17.4. The van der Waals surface area contributed by atoms with Crippen molar-refractivity contribution in [1.82, 2.24) is 21.0 Å². The first kappa shape index (κ1) is 16.5. The number of halogens is 1. The second-order valence-electron chi connectivity index (χ2n) is 6.60. The molecule has 3 heterocycles. The SMILES string of the molecule is Cc1cc(Br)ccc1N1C=C2C(=O)NC(N3CCC(C#N)C3)NC2N1. The van der Waals surface area contributed by atoms with Gasteiger partial charge in [-0.3, -0.25) is 20.0 Å². The average Bonchev–Trinajstić information content (AvgIpc) is 3.21. The highest BCUT2D eigenvalue weighted by atomic mass is 79.9. The summed E-state index contributed by atoms with van der Waals surface area (Å²) in [5.41, 5.74) is 6.11. The molecule has 3 aliphatic heterocycles. The predicted octanol–water partition coefficient (Wildman–Crippen LogP) is 1.14. The van der Waals surface area contributed by atoms with Crippen molar-refractivity contribution in [3.8, 4) is 6.07 Å². The van der Waals surface area contributed by atoms with Crippen molar-refractivity contribution in [2.24, 2.45) is 5.92 Å². The molecule has 7 nitrogen and oxygen atoms in total. The molecule has 0 aliphatic carbocycles. The Labute approximate surface area is 154 Å². The number of anilines is 1. The molecule has 130 valence electrons. The number of aryl methyl sites for hydroxylation is 1. The molecule has 25 heavy (non-hydrogen) atoms. The number of rotatable bonds is 2. The van der Waals surface area contributed by atoms with Crippen molar-refractivity contribution < 1.29 is 4.79 Å². The molecule has 1 aromatic rings. The Bertz CT molecular complexity index is 788. The third kappa shape index (κ3) is 3.04. The first-order valence-corrected chi connectivity index (χ1v) is 9.08. The fourth-order valence-corrected chi connectivity index (χ4v) is 4.01. The first-order chi connectivity index (χ1) is 12.0. The Balaban J connectivity index is 1.51. The van der Waals surface area contributed by atoms with Crippen LogP contribution in [0, 0.1) is 24.2 Å². The maximum atomic E-state index is 12.5. The second-order valence-corrected chi connectivity index (χ2v) is 7.52. The number of nitrogens with zero attached hydrogens (tertiary/aromatic N) is 3. The Morgan fingerprint density at radius 3 is 2.96 bits per heavy atom. The second kappa shape index (κ2) is 6.42. The molecular formula is C17H19BrN6O. The number of benzene rings is 1. The van der Waals surface area contributed by atoms with E-state index in [4.69, 9.17) is 5.26 Å². The van der Waals surface area contributed by atoms with E-state index in [-0.39, 0.29) is 24.3 Å². The summed E-state index contributed by atoms with van der Waals surface area (Å²) in [6.07, 6.45) is 2.17. The third-order valence-corrected chi connectivity index (χ3v) is 5.38. The minimum Gasteiger partial charge on any atom is -0.324 e. The molecule has 2 saturated heterocycles. The summed E-state index contributed by atoms with van der Waals surface area (Å²) in [6.45, 7) is 3.51. The lowest BCUT2D eigenvalue weighted by Gasteiger charge is -2.36. The zero-order valence-electron chi connectivity index (χ0n) is 13.8. The number of hydrazine groups is 1. The van der Waals surface area contributed by atoms with Gasteiger partial charge in [-0.25, -0.2) is 5.43 Å². The highest BCUT2D eigenvalue weighted by Gasteiger charge is 2.40. The van der Waals surface area contributed by atoms with Crippen molar-refractivity contribution >= 4 is 27.5 Å². The number of hydrogen-bond donors (Lipinski definition) is 3. The molecule has 3 N–H and O–H groups in total. The Morgan fingerprint density at radius 2 is 2.24 bits per heavy atom. The largest absolute Gasteiger partial charge is 0.324 e. The van der Waals surface area contributed by atoms with E-state index in [0.717, 1.165) is 28.7 Å². The molecule has 0 bridgehead atoms. The summed E-state index contributed by atoms with van der Waals surface area (Å²) in [5.74, 6) is -0.0481. The van der Waals surface area contributed by atoms with Gasteiger partial charge in [0.2, 0.25) is 0 Å². The smallest absolute Gasteiger partial charge is 0.254 e. The van der Waals surface area contributed by atoms with Crippen LogP contribution < -0.4 is 21.1 Å². The summed E-state index contributed by atoms with van der Waals surface area (Å²) in [6, 6.07) is 8.34. The van der Waals surface area contributed by atoms with Gasteiger partial charge in [-0.1, -0.05) is 15.9 Å². The Hall–Kier alpha value is -1.92. The average molecular weight is 403 g/mol. The van der Waals surface area contributed by atoms with E-state index >= 15 is 0 Å². The van der Waals surface area contributed by atoms with Crippen molar-refractivity contribution in [2.75, 3.05) is 18.1 Å². The lowest BCUT2D eigenvalue weighted by Crippen LogP contribution is -2.66. The third-order valence-electron chi connectivity index (χ3n) is 4.89. The van der Waals surface area contributed by atoms with E-state index in [2.05, 4.69) is 43.0 Å². The van der Waals surface area contributed by atoms with Gasteiger partial charge in [0.25, 0.3) is 5.91 Å². The first-order valence-electron chi connectivity index (χ1n) is 8.29. The summed E-state index contributed by atoms with van der Waals surface area (Å²) in [7, 11) is 0. The lowest BCUT2D eigenvalue weighted by atomic mass is 10.1. The predicted molar refractivity (Wildman–Crippen MR) is 96.7 cm³/mol. The van der Waals surface area contributed by atoms with Crippen LogP contribution in [-0.4, -0.2) is 36.4 Å². The number of hydrogen-bond acceptors (Lipinski definition) is 6. The monoisotopic (exact) mass is 402 g/mol. The molecule has 1 aromatic carbocycles. The normalized spacial score (nSPS) is 29.2. The Kier molecular flexibility index (Phi) is 4.25. The zero-order valence-corrected chi connectivity index (χ0v) is 15.4. The summed E-state index contributed by atoms with van der Waals surface area (Å²) < 4.78 is 1.02. The highest BCUT2D eigenvalue weighted by molar-refractivity contribution is 9.10. The van der Waals surface area contributed by atoms with Crippen molar-refractivity contribution in [3.63, 3.8) is 0 Å². The van der Waals surface area contributed by atoms with Gasteiger partial charge in [-0.05, 0) is 37.1 Å². The lowest BCUT2D eigenvalue weighted by molar-refractivity contribution is -0.122. The van der Waals surface area contributed by atoms with Gasteiger partial charge in [0.15, 0.2) is 0 Å². The van der Waals surface area contributed by atoms with E-state index in [1.165, 1.54) is 0 Å². The van der Waals surface area contributed by atoms with E-state index in [1.54, 1.807) is 0 Å². The fraction of sp³-hybridized carbons (Fsp3) is 0.412. The molecular weight excluding hydrogens is 384 g/mol. The van der Waals surface area contributed by atoms with Crippen molar-refractivity contribution in [2.45, 2.75) is 25.8 Å². The molecule has 8 heteroatoms. The molecule has 0 aromatic heterocycles. The number of carbonyl (C=O) groups excluding carboxylic acids is 1. The molecule has 3 unspecified atom stereocenters. The minimum absolute atomic E-state index is 0.0362. The summed E-state index contributed by atoms with van der Waals surface area (Å²) >= 11 is 3.47. The maximum absolute atomic E-state index is 12.5. The van der Waals surface area contributed by atoms with Crippen LogP contribution in [0.2, 0.25) is 0 Å². The van der Waals surface area contributed by atoms with Gasteiger partial charge >= 0.3 is 0 Å². The number of likely N-dealkylation sites (tertiary alicyclic amines) is 1. The van der Waals surface area contributed by atoms with Crippen LogP contribution >= 0.6 is 15.9 Å². The molecule has 0 radical (unpaired) electrons. The van der Waals surface area contributed by atoms with Gasteiger partial charge in [0.1, 0.15) is 12.5 Å². The number of nitriles is 1. The van der Waals surface area contributed by atoms with Crippen LogP contribution in [0.25, 0.3) is 0 Å². The van der Waals surface area contributed by atoms with E-state index < -0.39 is 0 Å². The molecule has 4 rings (SSSR count). The molecule has 0 saturated carbocycles. The molecule has 3 atom stereocenters. The van der Waals surface area contributed by atoms with Crippen LogP contribution in [0.5, 0.6) is 0 Å². The highest BCUT2D eigenvalue weighted by Crippen LogP contribution is 2.28. The van der Waals surface area contributed by atoms with Crippen LogP contribution in [0.3, 0.4) is 0 Å². The molecule has 3 aliphatic rings. The molecule has 2 fully saturated rings. The van der Waals surface area contributed by atoms with E-state index in [0.29, 0.717) is 12.1 Å². The van der Waals surface area contributed by atoms with Crippen molar-refractivity contribution in [1.29, 1.82) is 5.26 Å². The van der Waals surface area contributed by atoms with Crippen LogP contribution in [-0.2, 0) is 4.79 Å². The number of carbonyl (C=O) groups is 1. The van der Waals surface area contributed by atoms with Gasteiger partial charge in [0.05, 0.1) is 23.2 Å². The minimum atomic E-state index is -0.258. The number of amides is 1. The topological polar surface area (TPSA) is 83.4 Å². The van der Waals surface area contributed by atoms with Crippen molar-refractivity contribution in [3.05, 3.63) is 40.0 Å². The molecule has 0 spiro atoms. The van der Waals surface area contributed by atoms with Crippen LogP contribution in [0.4, 0.5) is 5.69 Å².